The highest BCUT2D eigenvalue weighted by atomic mass is 79.9. The zero-order valence-corrected chi connectivity index (χ0v) is 15.2. The van der Waals surface area contributed by atoms with Crippen molar-refractivity contribution in [2.24, 2.45) is 0 Å². The lowest BCUT2D eigenvalue weighted by Gasteiger charge is -2.42. The molecule has 2 aromatic rings. The van der Waals surface area contributed by atoms with Gasteiger partial charge in [-0.2, -0.15) is 0 Å². The molecule has 0 radical (unpaired) electrons. The summed E-state index contributed by atoms with van der Waals surface area (Å²) >= 11 is 9.99. The van der Waals surface area contributed by atoms with Crippen LogP contribution < -0.4 is 0 Å². The molecule has 2 aliphatic heterocycles. The second-order valence-electron chi connectivity index (χ2n) is 6.39. The van der Waals surface area contributed by atoms with Crippen LogP contribution in [0.1, 0.15) is 29.0 Å². The highest BCUT2D eigenvalue weighted by Gasteiger charge is 2.36. The minimum Gasteiger partial charge on any atom is -0.373 e. The van der Waals surface area contributed by atoms with Gasteiger partial charge in [-0.05, 0) is 39.5 Å². The highest BCUT2D eigenvalue weighted by molar-refractivity contribution is 9.10. The van der Waals surface area contributed by atoms with Gasteiger partial charge in [-0.25, -0.2) is 0 Å². The van der Waals surface area contributed by atoms with Crippen LogP contribution in [0.4, 0.5) is 0 Å². The number of fused-ring (bicyclic) bond motifs is 3. The molecule has 0 unspecified atom stereocenters. The number of hydrogen-bond acceptors (Lipinski definition) is 2. The lowest BCUT2D eigenvalue weighted by molar-refractivity contribution is -0.0325. The maximum Gasteiger partial charge on any atom is 0.0738 e. The van der Waals surface area contributed by atoms with E-state index < -0.39 is 0 Å². The van der Waals surface area contributed by atoms with Crippen molar-refractivity contribution in [2.75, 3.05) is 13.1 Å². The first-order valence-corrected chi connectivity index (χ1v) is 9.24. The van der Waals surface area contributed by atoms with Crippen LogP contribution in [0.5, 0.6) is 0 Å². The van der Waals surface area contributed by atoms with E-state index in [2.05, 4.69) is 63.3 Å². The molecule has 0 aliphatic carbocycles. The molecule has 23 heavy (non-hydrogen) atoms. The molecule has 2 aliphatic rings. The number of likely N-dealkylation sites (tertiary alicyclic amines) is 1. The van der Waals surface area contributed by atoms with Crippen LogP contribution in [-0.4, -0.2) is 24.1 Å². The number of halogens is 2. The largest absolute Gasteiger partial charge is 0.373 e. The van der Waals surface area contributed by atoms with Gasteiger partial charge < -0.3 is 4.74 Å². The monoisotopic (exact) mass is 391 g/mol. The number of hydrogen-bond donors (Lipinski definition) is 0. The normalized spacial score (nSPS) is 24.1. The molecule has 0 spiro atoms. The smallest absolute Gasteiger partial charge is 0.0738 e. The second kappa shape index (κ2) is 6.56. The Labute approximate surface area is 150 Å². The Morgan fingerprint density at radius 1 is 1.17 bits per heavy atom. The Bertz CT molecular complexity index is 706. The molecule has 0 aromatic heterocycles. The molecule has 2 aromatic carbocycles. The van der Waals surface area contributed by atoms with Gasteiger partial charge in [0.1, 0.15) is 0 Å². The molecule has 0 amide bonds. The highest BCUT2D eigenvalue weighted by Crippen LogP contribution is 2.41. The van der Waals surface area contributed by atoms with E-state index in [1.54, 1.807) is 0 Å². The molecule has 2 heterocycles. The number of ether oxygens (including phenoxy) is 1. The summed E-state index contributed by atoms with van der Waals surface area (Å²) in [6.45, 7) is 3.76. The second-order valence-corrected chi connectivity index (χ2v) is 7.63. The molecule has 1 saturated heterocycles. The van der Waals surface area contributed by atoms with E-state index in [0.717, 1.165) is 41.1 Å². The molecule has 0 N–H and O–H groups in total. The lowest BCUT2D eigenvalue weighted by atomic mass is 9.83. The van der Waals surface area contributed by atoms with Crippen LogP contribution >= 0.6 is 27.5 Å². The third-order valence-electron chi connectivity index (χ3n) is 4.96. The summed E-state index contributed by atoms with van der Waals surface area (Å²) < 4.78 is 7.07. The Balaban J connectivity index is 1.57. The Kier molecular flexibility index (Phi) is 4.46. The van der Waals surface area contributed by atoms with E-state index >= 15 is 0 Å². The van der Waals surface area contributed by atoms with E-state index in [4.69, 9.17) is 16.3 Å². The molecule has 2 nitrogen and oxygen atoms in total. The predicted octanol–water partition coefficient (Wildman–Crippen LogP) is 4.99. The van der Waals surface area contributed by atoms with E-state index in [9.17, 15) is 0 Å². The first-order chi connectivity index (χ1) is 11.2. The molecule has 4 heteroatoms. The summed E-state index contributed by atoms with van der Waals surface area (Å²) in [6, 6.07) is 15.0. The van der Waals surface area contributed by atoms with Gasteiger partial charge in [0, 0.05) is 35.6 Å². The number of benzene rings is 2. The van der Waals surface area contributed by atoms with Gasteiger partial charge >= 0.3 is 0 Å². The van der Waals surface area contributed by atoms with Crippen molar-refractivity contribution >= 4 is 27.5 Å². The van der Waals surface area contributed by atoms with E-state index in [0.29, 0.717) is 18.6 Å². The molecular weight excluding hydrogens is 374 g/mol. The standard InChI is InChI=1S/C19H19BrClNO/c20-17-7-6-14-15-11-22(10-13-4-2-1-3-5-13)9-8-18(15)23-12-16(14)19(17)21/h1-7,15,18H,8-12H2/t15-,18+/m1/s1. The Morgan fingerprint density at radius 2 is 2.00 bits per heavy atom. The molecule has 0 saturated carbocycles. The summed E-state index contributed by atoms with van der Waals surface area (Å²) in [5.74, 6) is 0.418. The lowest BCUT2D eigenvalue weighted by Crippen LogP contribution is -2.44. The van der Waals surface area contributed by atoms with Crippen LogP contribution in [0, 0.1) is 0 Å². The molecule has 1 fully saturated rings. The molecular formula is C19H19BrClNO. The minimum absolute atomic E-state index is 0.326. The van der Waals surface area contributed by atoms with E-state index in [1.807, 2.05) is 0 Å². The summed E-state index contributed by atoms with van der Waals surface area (Å²) in [4.78, 5) is 2.53. The molecule has 2 atom stereocenters. The maximum atomic E-state index is 6.47. The first-order valence-electron chi connectivity index (χ1n) is 8.07. The summed E-state index contributed by atoms with van der Waals surface area (Å²) in [5, 5.41) is 0.807. The van der Waals surface area contributed by atoms with Crippen molar-refractivity contribution in [3.63, 3.8) is 0 Å². The van der Waals surface area contributed by atoms with Crippen molar-refractivity contribution in [1.82, 2.24) is 4.90 Å². The van der Waals surface area contributed by atoms with Gasteiger partial charge in [-0.1, -0.05) is 48.0 Å². The fraction of sp³-hybridized carbons (Fsp3) is 0.368. The van der Waals surface area contributed by atoms with Crippen LogP contribution in [0.3, 0.4) is 0 Å². The average Bonchev–Trinajstić information content (AvgIpc) is 2.59. The Morgan fingerprint density at radius 3 is 2.83 bits per heavy atom. The number of rotatable bonds is 2. The maximum absolute atomic E-state index is 6.47. The van der Waals surface area contributed by atoms with Gasteiger partial charge in [-0.15, -0.1) is 0 Å². The number of nitrogens with zero attached hydrogens (tertiary/aromatic N) is 1. The predicted molar refractivity (Wildman–Crippen MR) is 96.8 cm³/mol. The first kappa shape index (κ1) is 15.6. The molecule has 4 rings (SSSR count). The van der Waals surface area contributed by atoms with Gasteiger partial charge in [0.2, 0.25) is 0 Å². The third kappa shape index (κ3) is 3.08. The fourth-order valence-corrected chi connectivity index (χ4v) is 4.37. The van der Waals surface area contributed by atoms with Crippen molar-refractivity contribution in [3.05, 3.63) is 68.7 Å². The third-order valence-corrected chi connectivity index (χ3v) is 6.28. The van der Waals surface area contributed by atoms with Gasteiger partial charge in [0.25, 0.3) is 0 Å². The van der Waals surface area contributed by atoms with Crippen LogP contribution in [0.2, 0.25) is 5.02 Å². The van der Waals surface area contributed by atoms with Gasteiger partial charge in [0.15, 0.2) is 0 Å². The minimum atomic E-state index is 0.326. The SMILES string of the molecule is Clc1c(Br)ccc2c1CO[C@H]1CCN(Cc3ccccc3)C[C@H]21. The summed E-state index contributed by atoms with van der Waals surface area (Å²) in [5.41, 5.74) is 3.90. The topological polar surface area (TPSA) is 12.5 Å². The van der Waals surface area contributed by atoms with Crippen LogP contribution in [-0.2, 0) is 17.9 Å². The van der Waals surface area contributed by atoms with E-state index in [-0.39, 0.29) is 0 Å². The molecule has 0 bridgehead atoms. The van der Waals surface area contributed by atoms with Crippen LogP contribution in [0.15, 0.2) is 46.9 Å². The van der Waals surface area contributed by atoms with E-state index in [1.165, 1.54) is 11.1 Å². The van der Waals surface area contributed by atoms with Crippen molar-refractivity contribution in [3.8, 4) is 0 Å². The van der Waals surface area contributed by atoms with Crippen molar-refractivity contribution in [2.45, 2.75) is 31.6 Å². The van der Waals surface area contributed by atoms with Crippen molar-refractivity contribution < 1.29 is 4.74 Å². The summed E-state index contributed by atoms with van der Waals surface area (Å²) in [6.07, 6.45) is 1.41. The Hall–Kier alpha value is -0.870. The van der Waals surface area contributed by atoms with Gasteiger partial charge in [0.05, 0.1) is 17.7 Å². The zero-order valence-electron chi connectivity index (χ0n) is 12.8. The van der Waals surface area contributed by atoms with Crippen molar-refractivity contribution in [1.29, 1.82) is 0 Å². The van der Waals surface area contributed by atoms with Crippen LogP contribution in [0.25, 0.3) is 0 Å². The average molecular weight is 393 g/mol. The quantitative estimate of drug-likeness (QED) is 0.714. The number of piperidine rings is 1. The molecule has 120 valence electrons. The van der Waals surface area contributed by atoms with Gasteiger partial charge in [-0.3, -0.25) is 4.90 Å². The zero-order chi connectivity index (χ0) is 15.8. The fourth-order valence-electron chi connectivity index (χ4n) is 3.77. The summed E-state index contributed by atoms with van der Waals surface area (Å²) in [7, 11) is 0.